The Balaban J connectivity index is 0.00000306. The highest BCUT2D eigenvalue weighted by molar-refractivity contribution is 6.06. The molecule has 4 rings (SSSR count). The second-order valence-electron chi connectivity index (χ2n) is 8.08. The first-order valence-electron chi connectivity index (χ1n) is 11.0. The predicted octanol–water partition coefficient (Wildman–Crippen LogP) is 3.78. The lowest BCUT2D eigenvalue weighted by Gasteiger charge is -2.36. The van der Waals surface area contributed by atoms with Crippen molar-refractivity contribution < 1.29 is 9.63 Å². The standard InChI is InChI=1S/C25H29N5O2.ClH/c1-27(32-2)25(31)23-19-30(24-7-4-3-6-22(23)24)13-5-12-28-14-16-29(17-15-28)21-10-8-20(18-26)9-11-21;/h3-4,6-11,19H,5,12-17H2,1-2H3;1H. The Morgan fingerprint density at radius 2 is 1.76 bits per heavy atom. The first kappa shape index (κ1) is 24.6. The smallest absolute Gasteiger partial charge is 0.279 e. The summed E-state index contributed by atoms with van der Waals surface area (Å²) >= 11 is 0. The summed E-state index contributed by atoms with van der Waals surface area (Å²) in [5, 5.41) is 11.2. The molecule has 174 valence electrons. The molecular weight excluding hydrogens is 438 g/mol. The summed E-state index contributed by atoms with van der Waals surface area (Å²) in [5.74, 6) is -0.138. The van der Waals surface area contributed by atoms with E-state index in [0.29, 0.717) is 11.1 Å². The van der Waals surface area contributed by atoms with Crippen LogP contribution in [0.1, 0.15) is 22.3 Å². The van der Waals surface area contributed by atoms with E-state index in [0.717, 1.165) is 56.6 Å². The van der Waals surface area contributed by atoms with Crippen molar-refractivity contribution in [1.82, 2.24) is 14.5 Å². The zero-order valence-electron chi connectivity index (χ0n) is 19.1. The first-order valence-corrected chi connectivity index (χ1v) is 11.0. The molecule has 0 spiro atoms. The maximum Gasteiger partial charge on any atom is 0.279 e. The lowest BCUT2D eigenvalue weighted by Crippen LogP contribution is -2.46. The number of fused-ring (bicyclic) bond motifs is 1. The molecule has 0 unspecified atom stereocenters. The number of aromatic nitrogens is 1. The molecule has 0 saturated carbocycles. The molecule has 0 N–H and O–H groups in total. The molecule has 1 aliphatic heterocycles. The topological polar surface area (TPSA) is 64.7 Å². The molecule has 0 bridgehead atoms. The fourth-order valence-electron chi connectivity index (χ4n) is 4.30. The second kappa shape index (κ2) is 11.2. The van der Waals surface area contributed by atoms with E-state index in [9.17, 15) is 4.79 Å². The van der Waals surface area contributed by atoms with Crippen LogP contribution in [0, 0.1) is 11.3 Å². The molecule has 1 aliphatic rings. The molecule has 2 aromatic carbocycles. The van der Waals surface area contributed by atoms with Gasteiger partial charge in [-0.3, -0.25) is 14.5 Å². The number of anilines is 1. The fraction of sp³-hybridized carbons (Fsp3) is 0.360. The van der Waals surface area contributed by atoms with Crippen LogP contribution in [-0.2, 0) is 11.4 Å². The first-order chi connectivity index (χ1) is 15.6. The number of carbonyl (C=O) groups is 1. The largest absolute Gasteiger partial charge is 0.369 e. The van der Waals surface area contributed by atoms with Crippen molar-refractivity contribution in [1.29, 1.82) is 5.26 Å². The van der Waals surface area contributed by atoms with Crippen molar-refractivity contribution in [3.63, 3.8) is 0 Å². The van der Waals surface area contributed by atoms with Crippen molar-refractivity contribution in [2.75, 3.05) is 51.8 Å². The Morgan fingerprint density at radius 1 is 1.06 bits per heavy atom. The summed E-state index contributed by atoms with van der Waals surface area (Å²) in [4.78, 5) is 22.6. The van der Waals surface area contributed by atoms with Crippen LogP contribution in [0.5, 0.6) is 0 Å². The van der Waals surface area contributed by atoms with Crippen LogP contribution in [0.25, 0.3) is 10.9 Å². The van der Waals surface area contributed by atoms with Crippen LogP contribution in [0.3, 0.4) is 0 Å². The highest BCUT2D eigenvalue weighted by Gasteiger charge is 2.19. The second-order valence-corrected chi connectivity index (χ2v) is 8.08. The van der Waals surface area contributed by atoms with Gasteiger partial charge in [-0.1, -0.05) is 18.2 Å². The van der Waals surface area contributed by atoms with Gasteiger partial charge in [0.25, 0.3) is 5.91 Å². The minimum Gasteiger partial charge on any atom is -0.369 e. The van der Waals surface area contributed by atoms with E-state index in [1.54, 1.807) is 7.05 Å². The number of hydrogen-bond donors (Lipinski definition) is 0. The van der Waals surface area contributed by atoms with Crippen molar-refractivity contribution in [3.8, 4) is 6.07 Å². The molecule has 1 fully saturated rings. The number of benzene rings is 2. The van der Waals surface area contributed by atoms with E-state index in [1.165, 1.54) is 17.9 Å². The van der Waals surface area contributed by atoms with Crippen LogP contribution in [0.15, 0.2) is 54.7 Å². The van der Waals surface area contributed by atoms with Gasteiger partial charge in [0.15, 0.2) is 0 Å². The number of nitrogens with zero attached hydrogens (tertiary/aromatic N) is 5. The number of carbonyl (C=O) groups excluding carboxylic acids is 1. The van der Waals surface area contributed by atoms with E-state index in [4.69, 9.17) is 10.1 Å². The molecule has 0 radical (unpaired) electrons. The van der Waals surface area contributed by atoms with Crippen molar-refractivity contribution in [2.24, 2.45) is 0 Å². The van der Waals surface area contributed by atoms with Gasteiger partial charge in [-0.2, -0.15) is 5.26 Å². The van der Waals surface area contributed by atoms with Gasteiger partial charge in [-0.05, 0) is 43.3 Å². The van der Waals surface area contributed by atoms with Gasteiger partial charge in [0, 0.05) is 62.6 Å². The van der Waals surface area contributed by atoms with Crippen molar-refractivity contribution >= 4 is 34.9 Å². The highest BCUT2D eigenvalue weighted by atomic mass is 35.5. The number of aryl methyl sites for hydroxylation is 1. The lowest BCUT2D eigenvalue weighted by atomic mass is 10.1. The Morgan fingerprint density at radius 3 is 2.42 bits per heavy atom. The summed E-state index contributed by atoms with van der Waals surface area (Å²) in [6.07, 6.45) is 2.97. The minimum absolute atomic E-state index is 0. The maximum absolute atomic E-state index is 12.7. The Labute approximate surface area is 201 Å². The molecule has 0 atom stereocenters. The van der Waals surface area contributed by atoms with E-state index in [2.05, 4.69) is 26.5 Å². The number of hydroxylamine groups is 2. The van der Waals surface area contributed by atoms with E-state index in [-0.39, 0.29) is 18.3 Å². The molecule has 3 aromatic rings. The SMILES string of the molecule is CON(C)C(=O)c1cn(CCCN2CCN(c3ccc(C#N)cc3)CC2)c2ccccc12.Cl. The molecule has 2 heterocycles. The zero-order chi connectivity index (χ0) is 22.5. The molecule has 1 aromatic heterocycles. The molecule has 33 heavy (non-hydrogen) atoms. The minimum atomic E-state index is -0.138. The van der Waals surface area contributed by atoms with E-state index < -0.39 is 0 Å². The van der Waals surface area contributed by atoms with Gasteiger partial charge in [0.2, 0.25) is 0 Å². The van der Waals surface area contributed by atoms with Gasteiger partial charge in [0.1, 0.15) is 0 Å². The van der Waals surface area contributed by atoms with Crippen LogP contribution in [0.2, 0.25) is 0 Å². The summed E-state index contributed by atoms with van der Waals surface area (Å²) in [5.41, 5.74) is 3.62. The average Bonchev–Trinajstić information content (AvgIpc) is 3.22. The number of nitriles is 1. The number of rotatable bonds is 7. The zero-order valence-corrected chi connectivity index (χ0v) is 19.9. The Hall–Kier alpha value is -3.05. The molecule has 1 amide bonds. The number of halogens is 1. The Bertz CT molecular complexity index is 1110. The number of para-hydroxylation sites is 1. The van der Waals surface area contributed by atoms with Crippen LogP contribution < -0.4 is 4.90 Å². The summed E-state index contributed by atoms with van der Waals surface area (Å²) in [7, 11) is 3.13. The van der Waals surface area contributed by atoms with Crippen LogP contribution >= 0.6 is 12.4 Å². The maximum atomic E-state index is 12.7. The normalized spacial score (nSPS) is 14.0. The third-order valence-electron chi connectivity index (χ3n) is 6.19. The third-order valence-corrected chi connectivity index (χ3v) is 6.19. The van der Waals surface area contributed by atoms with Crippen LogP contribution in [-0.4, -0.2) is 67.3 Å². The molecule has 7 nitrogen and oxygen atoms in total. The molecule has 8 heteroatoms. The van der Waals surface area contributed by atoms with Gasteiger partial charge in [0.05, 0.1) is 24.3 Å². The molecular formula is C25H30ClN5O2. The predicted molar refractivity (Wildman–Crippen MR) is 133 cm³/mol. The summed E-state index contributed by atoms with van der Waals surface area (Å²) in [6.45, 7) is 5.90. The van der Waals surface area contributed by atoms with Crippen molar-refractivity contribution in [3.05, 3.63) is 65.9 Å². The van der Waals surface area contributed by atoms with Gasteiger partial charge in [-0.25, -0.2) is 5.06 Å². The number of amides is 1. The molecule has 1 saturated heterocycles. The van der Waals surface area contributed by atoms with Gasteiger partial charge in [-0.15, -0.1) is 12.4 Å². The Kier molecular flexibility index (Phi) is 8.34. The number of piperazine rings is 1. The van der Waals surface area contributed by atoms with Gasteiger partial charge >= 0.3 is 0 Å². The lowest BCUT2D eigenvalue weighted by molar-refractivity contribution is -0.0755. The van der Waals surface area contributed by atoms with Crippen LogP contribution in [0.4, 0.5) is 5.69 Å². The number of hydrogen-bond acceptors (Lipinski definition) is 5. The highest BCUT2D eigenvalue weighted by Crippen LogP contribution is 2.23. The monoisotopic (exact) mass is 467 g/mol. The molecule has 0 aliphatic carbocycles. The quantitative estimate of drug-likeness (QED) is 0.495. The third kappa shape index (κ3) is 5.48. The van der Waals surface area contributed by atoms with Gasteiger partial charge < -0.3 is 9.47 Å². The summed E-state index contributed by atoms with van der Waals surface area (Å²) < 4.78 is 2.18. The van der Waals surface area contributed by atoms with E-state index >= 15 is 0 Å². The average molecular weight is 468 g/mol. The fourth-order valence-corrected chi connectivity index (χ4v) is 4.30. The van der Waals surface area contributed by atoms with E-state index in [1.807, 2.05) is 48.7 Å². The van der Waals surface area contributed by atoms with Crippen molar-refractivity contribution in [2.45, 2.75) is 13.0 Å². The summed E-state index contributed by atoms with van der Waals surface area (Å²) in [6, 6.07) is 18.0.